The fourth-order valence-electron chi connectivity index (χ4n) is 3.40. The van der Waals surface area contributed by atoms with E-state index >= 15 is 0 Å². The molecule has 1 atom stereocenters. The molecular weight excluding hydrogens is 250 g/mol. The third kappa shape index (κ3) is 4.97. The van der Waals surface area contributed by atoms with E-state index in [-0.39, 0.29) is 0 Å². The molecule has 1 heterocycles. The Morgan fingerprint density at radius 2 is 1.68 bits per heavy atom. The first-order chi connectivity index (χ1) is 8.87. The van der Waals surface area contributed by atoms with Crippen LogP contribution in [-0.4, -0.2) is 30.3 Å². The zero-order valence-corrected chi connectivity index (χ0v) is 14.7. The van der Waals surface area contributed by atoms with Crippen LogP contribution in [0.3, 0.4) is 0 Å². The maximum absolute atomic E-state index is 4.62. The van der Waals surface area contributed by atoms with Crippen LogP contribution >= 0.6 is 12.6 Å². The molecule has 0 aromatic carbocycles. The Hall–Kier alpha value is 0.310. The molecule has 1 rings (SSSR count). The van der Waals surface area contributed by atoms with E-state index in [0.29, 0.717) is 10.8 Å². The van der Waals surface area contributed by atoms with E-state index in [1.165, 1.54) is 51.7 Å². The number of likely N-dealkylation sites (tertiary alicyclic amines) is 1. The maximum atomic E-state index is 4.62. The summed E-state index contributed by atoms with van der Waals surface area (Å²) in [6.07, 6.45) is 6.67. The Morgan fingerprint density at radius 1 is 1.05 bits per heavy atom. The van der Waals surface area contributed by atoms with Crippen LogP contribution in [0.25, 0.3) is 0 Å². The van der Waals surface area contributed by atoms with Crippen LogP contribution in [0.15, 0.2) is 0 Å². The van der Waals surface area contributed by atoms with Crippen LogP contribution in [0.4, 0.5) is 0 Å². The van der Waals surface area contributed by atoms with E-state index in [4.69, 9.17) is 0 Å². The van der Waals surface area contributed by atoms with Crippen molar-refractivity contribution >= 4 is 12.6 Å². The van der Waals surface area contributed by atoms with Crippen LogP contribution in [-0.2, 0) is 0 Å². The van der Waals surface area contributed by atoms with Gasteiger partial charge < -0.3 is 4.90 Å². The third-order valence-electron chi connectivity index (χ3n) is 5.44. The second-order valence-electron chi connectivity index (χ2n) is 7.64. The van der Waals surface area contributed by atoms with E-state index in [1.54, 1.807) is 0 Å². The Labute approximate surface area is 126 Å². The lowest BCUT2D eigenvalue weighted by Crippen LogP contribution is -2.39. The van der Waals surface area contributed by atoms with E-state index in [1.807, 2.05) is 0 Å². The molecule has 0 spiro atoms. The van der Waals surface area contributed by atoms with E-state index < -0.39 is 0 Å². The fourth-order valence-corrected chi connectivity index (χ4v) is 3.95. The van der Waals surface area contributed by atoms with Crippen molar-refractivity contribution in [3.05, 3.63) is 0 Å². The van der Waals surface area contributed by atoms with Crippen molar-refractivity contribution < 1.29 is 0 Å². The van der Waals surface area contributed by atoms with Gasteiger partial charge in [-0.05, 0) is 67.7 Å². The van der Waals surface area contributed by atoms with Gasteiger partial charge in [0.25, 0.3) is 0 Å². The largest absolute Gasteiger partial charge is 0.303 e. The molecule has 0 aliphatic carbocycles. The highest BCUT2D eigenvalue weighted by Crippen LogP contribution is 2.36. The van der Waals surface area contributed by atoms with Gasteiger partial charge in [-0.2, -0.15) is 12.6 Å². The van der Waals surface area contributed by atoms with Crippen molar-refractivity contribution in [2.75, 3.05) is 25.4 Å². The van der Waals surface area contributed by atoms with E-state index in [0.717, 1.165) is 11.7 Å². The molecular formula is C17H35NS. The summed E-state index contributed by atoms with van der Waals surface area (Å²) in [7, 11) is 0. The molecule has 1 aliphatic rings. The van der Waals surface area contributed by atoms with Gasteiger partial charge in [0.2, 0.25) is 0 Å². The van der Waals surface area contributed by atoms with Gasteiger partial charge in [-0.25, -0.2) is 0 Å². The molecule has 0 aromatic rings. The molecule has 0 N–H and O–H groups in total. The average Bonchev–Trinajstić information content (AvgIpc) is 2.61. The summed E-state index contributed by atoms with van der Waals surface area (Å²) in [4.78, 5) is 2.72. The number of hydrogen-bond donors (Lipinski definition) is 1. The standard InChI is InChI=1S/C17H35NS/c1-6-17(7-2,14-19)13-18-11-8-9-15(10-12-18)16(3,4)5/h15,19H,6-14H2,1-5H3. The Morgan fingerprint density at radius 3 is 2.16 bits per heavy atom. The zero-order valence-electron chi connectivity index (χ0n) is 13.8. The smallest absolute Gasteiger partial charge is 0.00456 e. The first-order valence-electron chi connectivity index (χ1n) is 8.20. The zero-order chi connectivity index (χ0) is 14.5. The molecule has 0 radical (unpaired) electrons. The van der Waals surface area contributed by atoms with Crippen LogP contribution in [0.5, 0.6) is 0 Å². The van der Waals surface area contributed by atoms with Crippen LogP contribution in [0.2, 0.25) is 0 Å². The molecule has 0 bridgehead atoms. The van der Waals surface area contributed by atoms with Gasteiger partial charge in [0.05, 0.1) is 0 Å². The highest BCUT2D eigenvalue weighted by Gasteiger charge is 2.31. The molecule has 114 valence electrons. The second-order valence-corrected chi connectivity index (χ2v) is 7.95. The van der Waals surface area contributed by atoms with E-state index in [9.17, 15) is 0 Å². The van der Waals surface area contributed by atoms with Gasteiger partial charge in [-0.3, -0.25) is 0 Å². The molecule has 1 fully saturated rings. The molecule has 1 saturated heterocycles. The summed E-state index contributed by atoms with van der Waals surface area (Å²) in [5, 5.41) is 0. The van der Waals surface area contributed by atoms with Crippen molar-refractivity contribution in [3.63, 3.8) is 0 Å². The summed E-state index contributed by atoms with van der Waals surface area (Å²) >= 11 is 4.62. The normalized spacial score (nSPS) is 23.4. The van der Waals surface area contributed by atoms with Gasteiger partial charge in [-0.1, -0.05) is 34.6 Å². The number of hydrogen-bond acceptors (Lipinski definition) is 2. The monoisotopic (exact) mass is 285 g/mol. The Kier molecular flexibility index (Phi) is 6.72. The Bertz CT molecular complexity index is 244. The molecule has 1 aliphatic heterocycles. The maximum Gasteiger partial charge on any atom is 0.00456 e. The highest BCUT2D eigenvalue weighted by atomic mass is 32.1. The summed E-state index contributed by atoms with van der Waals surface area (Å²) < 4.78 is 0. The predicted molar refractivity (Wildman–Crippen MR) is 90.1 cm³/mol. The highest BCUT2D eigenvalue weighted by molar-refractivity contribution is 7.80. The summed E-state index contributed by atoms with van der Waals surface area (Å²) in [5.41, 5.74) is 0.914. The minimum Gasteiger partial charge on any atom is -0.303 e. The van der Waals surface area contributed by atoms with Gasteiger partial charge in [0.15, 0.2) is 0 Å². The molecule has 0 aromatic heterocycles. The van der Waals surface area contributed by atoms with Crippen LogP contribution in [0.1, 0.15) is 66.7 Å². The molecule has 1 nitrogen and oxygen atoms in total. The molecule has 1 unspecified atom stereocenters. The lowest BCUT2D eigenvalue weighted by Gasteiger charge is -2.36. The van der Waals surface area contributed by atoms with Crippen molar-refractivity contribution in [1.29, 1.82) is 0 Å². The second kappa shape index (κ2) is 7.36. The molecule has 0 saturated carbocycles. The quantitative estimate of drug-likeness (QED) is 0.705. The molecule has 2 heteroatoms. The first kappa shape index (κ1) is 17.4. The van der Waals surface area contributed by atoms with Crippen LogP contribution in [0, 0.1) is 16.7 Å². The molecule has 19 heavy (non-hydrogen) atoms. The minimum absolute atomic E-state index is 0.435. The Balaban J connectivity index is 2.58. The topological polar surface area (TPSA) is 3.24 Å². The summed E-state index contributed by atoms with van der Waals surface area (Å²) in [6, 6.07) is 0. The predicted octanol–water partition coefficient (Wildman–Crippen LogP) is 4.87. The van der Waals surface area contributed by atoms with Gasteiger partial charge >= 0.3 is 0 Å². The van der Waals surface area contributed by atoms with Crippen molar-refractivity contribution in [1.82, 2.24) is 4.90 Å². The van der Waals surface area contributed by atoms with Crippen LogP contribution < -0.4 is 0 Å². The number of thiol groups is 1. The average molecular weight is 286 g/mol. The lowest BCUT2D eigenvalue weighted by atomic mass is 9.77. The van der Waals surface area contributed by atoms with Gasteiger partial charge in [0.1, 0.15) is 0 Å². The number of nitrogens with zero attached hydrogens (tertiary/aromatic N) is 1. The lowest BCUT2D eigenvalue weighted by molar-refractivity contribution is 0.154. The fraction of sp³-hybridized carbons (Fsp3) is 1.00. The third-order valence-corrected chi connectivity index (χ3v) is 6.11. The van der Waals surface area contributed by atoms with E-state index in [2.05, 4.69) is 52.1 Å². The minimum atomic E-state index is 0.435. The van der Waals surface area contributed by atoms with Crippen molar-refractivity contribution in [2.45, 2.75) is 66.7 Å². The number of rotatable bonds is 5. The summed E-state index contributed by atoms with van der Waals surface area (Å²) in [6.45, 7) is 15.7. The first-order valence-corrected chi connectivity index (χ1v) is 8.83. The SMILES string of the molecule is CCC(CC)(CS)CN1CCCC(C(C)(C)C)CC1. The van der Waals surface area contributed by atoms with Crippen molar-refractivity contribution in [3.8, 4) is 0 Å². The van der Waals surface area contributed by atoms with Gasteiger partial charge in [0, 0.05) is 6.54 Å². The summed E-state index contributed by atoms with van der Waals surface area (Å²) in [5.74, 6) is 1.92. The molecule has 0 amide bonds. The van der Waals surface area contributed by atoms with Crippen molar-refractivity contribution in [2.24, 2.45) is 16.7 Å². The van der Waals surface area contributed by atoms with Gasteiger partial charge in [-0.15, -0.1) is 0 Å².